The molecular formula is C20H22F3N5O4S. The number of carbonyl (C=O) groups excluding carboxylic acids is 2. The molecule has 1 aromatic carbocycles. The lowest BCUT2D eigenvalue weighted by molar-refractivity contribution is -0.137. The van der Waals surface area contributed by atoms with Gasteiger partial charge in [-0.05, 0) is 31.0 Å². The zero-order valence-electron chi connectivity index (χ0n) is 17.9. The van der Waals surface area contributed by atoms with Crippen molar-refractivity contribution < 1.29 is 32.2 Å². The number of alkyl halides is 3. The molecule has 1 saturated carbocycles. The third-order valence-electron chi connectivity index (χ3n) is 4.86. The summed E-state index contributed by atoms with van der Waals surface area (Å²) in [4.78, 5) is 33.2. The highest BCUT2D eigenvalue weighted by Gasteiger charge is 2.33. The summed E-state index contributed by atoms with van der Waals surface area (Å²) in [6.45, 7) is 0. The lowest BCUT2D eigenvalue weighted by Crippen LogP contribution is -2.26. The van der Waals surface area contributed by atoms with Crippen LogP contribution in [0.15, 0.2) is 30.5 Å². The Hall–Kier alpha value is -3.03. The van der Waals surface area contributed by atoms with Gasteiger partial charge in [0, 0.05) is 18.2 Å². The van der Waals surface area contributed by atoms with E-state index in [1.807, 2.05) is 0 Å². The van der Waals surface area contributed by atoms with E-state index in [4.69, 9.17) is 0 Å². The van der Waals surface area contributed by atoms with Gasteiger partial charge < -0.3 is 15.2 Å². The molecular weight excluding hydrogens is 463 g/mol. The van der Waals surface area contributed by atoms with E-state index in [0.29, 0.717) is 0 Å². The van der Waals surface area contributed by atoms with Crippen molar-refractivity contribution >= 4 is 46.1 Å². The molecule has 178 valence electrons. The highest BCUT2D eigenvalue weighted by molar-refractivity contribution is 7.92. The first-order chi connectivity index (χ1) is 15.5. The van der Waals surface area contributed by atoms with Crippen LogP contribution in [0.5, 0.6) is 0 Å². The number of nitrogens with zero attached hydrogens (tertiary/aromatic N) is 2. The van der Waals surface area contributed by atoms with E-state index >= 15 is 0 Å². The molecule has 1 aliphatic rings. The second-order valence-electron chi connectivity index (χ2n) is 7.29. The van der Waals surface area contributed by atoms with Crippen molar-refractivity contribution in [3.63, 3.8) is 0 Å². The molecule has 3 N–H and O–H groups in total. The molecule has 1 aromatic heterocycles. The Morgan fingerprint density at radius 2 is 1.94 bits per heavy atom. The molecule has 1 atom stereocenters. The van der Waals surface area contributed by atoms with E-state index in [0.717, 1.165) is 29.3 Å². The Balaban J connectivity index is 2.03. The molecule has 1 heterocycles. The molecule has 0 radical (unpaired) electrons. The number of nitrogens with one attached hydrogen (secondary N) is 3. The average Bonchev–Trinajstić information content (AvgIpc) is 3.58. The van der Waals surface area contributed by atoms with E-state index < -0.39 is 29.0 Å². The van der Waals surface area contributed by atoms with Crippen molar-refractivity contribution in [1.29, 1.82) is 0 Å². The molecule has 9 nitrogen and oxygen atoms in total. The molecule has 3 rings (SSSR count). The monoisotopic (exact) mass is 485 g/mol. The van der Waals surface area contributed by atoms with Crippen molar-refractivity contribution in [3.8, 4) is 0 Å². The maximum absolute atomic E-state index is 13.3. The number of amides is 2. The molecule has 1 fully saturated rings. The Morgan fingerprint density at radius 1 is 1.24 bits per heavy atom. The summed E-state index contributed by atoms with van der Waals surface area (Å²) in [6, 6.07) is 4.28. The first-order valence-electron chi connectivity index (χ1n) is 9.71. The van der Waals surface area contributed by atoms with Crippen LogP contribution in [0.3, 0.4) is 0 Å². The smallest absolute Gasteiger partial charge is 0.416 e. The number of rotatable bonds is 8. The molecule has 1 aliphatic carbocycles. The van der Waals surface area contributed by atoms with E-state index in [2.05, 4.69) is 25.9 Å². The minimum atomic E-state index is -4.61. The molecule has 0 saturated heterocycles. The lowest BCUT2D eigenvalue weighted by atomic mass is 10.1. The predicted octanol–water partition coefficient (Wildman–Crippen LogP) is 3.21. The second kappa shape index (κ2) is 9.85. The summed E-state index contributed by atoms with van der Waals surface area (Å²) < 4.78 is 52.9. The van der Waals surface area contributed by atoms with Gasteiger partial charge in [0.25, 0.3) is 5.91 Å². The van der Waals surface area contributed by atoms with Crippen LogP contribution in [0, 0.1) is 5.92 Å². The van der Waals surface area contributed by atoms with Gasteiger partial charge >= 0.3 is 6.18 Å². The Kier molecular flexibility index (Phi) is 7.34. The van der Waals surface area contributed by atoms with Crippen LogP contribution in [-0.2, 0) is 27.2 Å². The average molecular weight is 485 g/mol. The normalized spacial score (nSPS) is 14.4. The minimum Gasteiger partial charge on any atom is -0.593 e. The molecule has 2 amide bonds. The van der Waals surface area contributed by atoms with E-state index in [9.17, 15) is 27.3 Å². The highest BCUT2D eigenvalue weighted by atomic mass is 32.2. The maximum Gasteiger partial charge on any atom is 0.416 e. The fourth-order valence-corrected chi connectivity index (χ4v) is 3.32. The number of pyridine rings is 1. The molecule has 0 aliphatic heterocycles. The molecule has 1 unspecified atom stereocenters. The van der Waals surface area contributed by atoms with Gasteiger partial charge in [0.2, 0.25) is 5.91 Å². The number of aromatic nitrogens is 1. The van der Waals surface area contributed by atoms with Crippen molar-refractivity contribution in [3.05, 3.63) is 41.6 Å². The fourth-order valence-electron chi connectivity index (χ4n) is 2.89. The molecule has 13 heteroatoms. The first kappa shape index (κ1) is 24.6. The quantitative estimate of drug-likeness (QED) is 0.388. The number of hydrogen-bond donors (Lipinski definition) is 3. The van der Waals surface area contributed by atoms with Crippen molar-refractivity contribution in [2.75, 3.05) is 35.4 Å². The number of carbonyl (C=O) groups is 2. The Labute approximate surface area is 191 Å². The number of hydroxylamine groups is 1. The van der Waals surface area contributed by atoms with Crippen LogP contribution in [0.4, 0.5) is 36.1 Å². The van der Waals surface area contributed by atoms with Gasteiger partial charge in [-0.15, -0.1) is 0 Å². The number of hydrogen-bond acceptors (Lipinski definition) is 7. The zero-order chi connectivity index (χ0) is 24.3. The second-order valence-corrected chi connectivity index (χ2v) is 8.69. The molecule has 0 spiro atoms. The largest absolute Gasteiger partial charge is 0.593 e. The Bertz CT molecular complexity index is 1050. The minimum absolute atomic E-state index is 0.00685. The third-order valence-corrected chi connectivity index (χ3v) is 5.83. The topological polar surface area (TPSA) is 119 Å². The van der Waals surface area contributed by atoms with Crippen molar-refractivity contribution in [2.24, 2.45) is 5.92 Å². The van der Waals surface area contributed by atoms with Gasteiger partial charge in [-0.1, -0.05) is 0 Å². The van der Waals surface area contributed by atoms with E-state index in [1.54, 1.807) is 0 Å². The van der Waals surface area contributed by atoms with Crippen LogP contribution in [0.25, 0.3) is 0 Å². The summed E-state index contributed by atoms with van der Waals surface area (Å²) in [5.74, 6) is -0.814. The maximum atomic E-state index is 13.3. The number of benzene rings is 1. The lowest BCUT2D eigenvalue weighted by Gasteiger charge is -2.24. The fraction of sp³-hybridized carbons (Fsp3) is 0.350. The van der Waals surface area contributed by atoms with Gasteiger partial charge in [0.15, 0.2) is 0 Å². The van der Waals surface area contributed by atoms with Gasteiger partial charge in [-0.2, -0.15) is 17.5 Å². The SMILES string of the molecule is CONC(=O)c1cnc(NC(=O)C2CC2)cc1Nc1ccc(C(F)(F)F)cc1N(C)[S+](C)[O-]. The summed E-state index contributed by atoms with van der Waals surface area (Å²) in [5.41, 5.74) is 1.51. The summed E-state index contributed by atoms with van der Waals surface area (Å²) >= 11 is -1.63. The van der Waals surface area contributed by atoms with Crippen LogP contribution >= 0.6 is 0 Å². The molecule has 2 aromatic rings. The third kappa shape index (κ3) is 6.06. The number of anilines is 4. The van der Waals surface area contributed by atoms with Crippen LogP contribution in [-0.4, -0.2) is 41.8 Å². The van der Waals surface area contributed by atoms with Crippen molar-refractivity contribution in [1.82, 2.24) is 10.5 Å². The summed E-state index contributed by atoms with van der Waals surface area (Å²) in [7, 11) is 2.62. The van der Waals surface area contributed by atoms with Crippen molar-refractivity contribution in [2.45, 2.75) is 19.0 Å². The Morgan fingerprint density at radius 3 is 2.52 bits per heavy atom. The zero-order valence-corrected chi connectivity index (χ0v) is 18.8. The standard InChI is InChI=1S/C20H22F3N5O4S/c1-28(33(3)31)16-8-12(20(21,22)23)6-7-14(16)25-15-9-17(26-18(29)11-4-5-11)24-10-13(15)19(30)27-32-2/h6-11H,4-5H2,1-3H3,(H,27,30)(H2,24,25,26,29). The number of halogens is 3. The van der Waals surface area contributed by atoms with Gasteiger partial charge in [-0.3, -0.25) is 14.4 Å². The first-order valence-corrected chi connectivity index (χ1v) is 11.2. The van der Waals surface area contributed by atoms with Gasteiger partial charge in [-0.25, -0.2) is 10.5 Å². The predicted molar refractivity (Wildman–Crippen MR) is 117 cm³/mol. The highest BCUT2D eigenvalue weighted by Crippen LogP contribution is 2.38. The van der Waals surface area contributed by atoms with E-state index in [-0.39, 0.29) is 40.3 Å². The van der Waals surface area contributed by atoms with E-state index in [1.165, 1.54) is 38.7 Å². The van der Waals surface area contributed by atoms with Gasteiger partial charge in [0.1, 0.15) is 17.8 Å². The van der Waals surface area contributed by atoms with Crippen LogP contribution in [0.1, 0.15) is 28.8 Å². The molecule has 0 bridgehead atoms. The molecule has 33 heavy (non-hydrogen) atoms. The van der Waals surface area contributed by atoms with Gasteiger partial charge in [0.05, 0.1) is 48.0 Å². The van der Waals surface area contributed by atoms with Crippen LogP contribution < -0.4 is 20.4 Å². The van der Waals surface area contributed by atoms with Crippen LogP contribution in [0.2, 0.25) is 0 Å². The summed E-state index contributed by atoms with van der Waals surface area (Å²) in [6.07, 6.45) is -0.532. The summed E-state index contributed by atoms with van der Waals surface area (Å²) in [5, 5.41) is 5.55.